The Bertz CT molecular complexity index is 532. The van der Waals surface area contributed by atoms with Crippen LogP contribution < -0.4 is 0 Å². The predicted molar refractivity (Wildman–Crippen MR) is 89.5 cm³/mol. The molecule has 0 saturated heterocycles. The van der Waals surface area contributed by atoms with Crippen molar-refractivity contribution in [2.24, 2.45) is 28.6 Å². The number of carbonyl (C=O) groups is 1. The van der Waals surface area contributed by atoms with Gasteiger partial charge >= 0.3 is 5.97 Å². The molecular formula is C20H30O2. The summed E-state index contributed by atoms with van der Waals surface area (Å²) in [7, 11) is 0. The second-order valence-electron chi connectivity index (χ2n) is 8.62. The number of hydrogen-bond acceptors (Lipinski definition) is 1. The first-order chi connectivity index (χ1) is 10.3. The van der Waals surface area contributed by atoms with Crippen LogP contribution in [0, 0.1) is 28.6 Å². The fraction of sp³-hybridized carbons (Fsp3) is 0.750. The van der Waals surface area contributed by atoms with Crippen LogP contribution in [-0.4, -0.2) is 11.1 Å². The molecule has 22 heavy (non-hydrogen) atoms. The second kappa shape index (κ2) is 5.25. The van der Waals surface area contributed by atoms with Crippen LogP contribution in [0.4, 0.5) is 0 Å². The molecule has 0 aromatic carbocycles. The smallest absolute Gasteiger partial charge is 0.328 e. The van der Waals surface area contributed by atoms with Gasteiger partial charge < -0.3 is 5.11 Å². The van der Waals surface area contributed by atoms with Gasteiger partial charge in [-0.05, 0) is 80.5 Å². The van der Waals surface area contributed by atoms with E-state index in [0.29, 0.717) is 16.7 Å². The van der Waals surface area contributed by atoms with Gasteiger partial charge in [-0.2, -0.15) is 0 Å². The van der Waals surface area contributed by atoms with Crippen LogP contribution in [-0.2, 0) is 4.79 Å². The minimum Gasteiger partial charge on any atom is -0.478 e. The highest BCUT2D eigenvalue weighted by Crippen LogP contribution is 2.73. The molecule has 0 radical (unpaired) electrons. The molecule has 3 fully saturated rings. The Morgan fingerprint density at radius 1 is 1.36 bits per heavy atom. The fourth-order valence-corrected chi connectivity index (χ4v) is 5.98. The van der Waals surface area contributed by atoms with E-state index in [9.17, 15) is 4.79 Å². The number of hydrogen-bond donors (Lipinski definition) is 1. The minimum atomic E-state index is -0.824. The third-order valence-electron chi connectivity index (χ3n) is 7.32. The fourth-order valence-electron chi connectivity index (χ4n) is 5.98. The van der Waals surface area contributed by atoms with Crippen molar-refractivity contribution < 1.29 is 9.90 Å². The van der Waals surface area contributed by atoms with Crippen molar-refractivity contribution in [1.82, 2.24) is 0 Å². The van der Waals surface area contributed by atoms with Crippen molar-refractivity contribution in [3.05, 3.63) is 23.8 Å². The zero-order valence-corrected chi connectivity index (χ0v) is 14.3. The molecule has 3 rings (SSSR count). The minimum absolute atomic E-state index is 0.389. The first-order valence-electron chi connectivity index (χ1n) is 8.85. The lowest BCUT2D eigenvalue weighted by atomic mass is 9.50. The first kappa shape index (κ1) is 15.8. The molecule has 0 spiro atoms. The van der Waals surface area contributed by atoms with E-state index in [0.717, 1.165) is 30.3 Å². The predicted octanol–water partition coefficient (Wildman–Crippen LogP) is 5.21. The molecule has 3 aliphatic rings. The van der Waals surface area contributed by atoms with Gasteiger partial charge in [0, 0.05) is 6.08 Å². The summed E-state index contributed by atoms with van der Waals surface area (Å²) in [5, 5.41) is 8.89. The summed E-state index contributed by atoms with van der Waals surface area (Å²) in [5.41, 5.74) is 3.39. The Labute approximate surface area is 134 Å². The second-order valence-corrected chi connectivity index (χ2v) is 8.62. The first-order valence-corrected chi connectivity index (χ1v) is 8.85. The summed E-state index contributed by atoms with van der Waals surface area (Å²) < 4.78 is 0. The molecule has 2 heteroatoms. The summed E-state index contributed by atoms with van der Waals surface area (Å²) in [4.78, 5) is 10.8. The van der Waals surface area contributed by atoms with E-state index in [1.165, 1.54) is 43.8 Å². The Morgan fingerprint density at radius 2 is 2.09 bits per heavy atom. The van der Waals surface area contributed by atoms with E-state index in [1.54, 1.807) is 0 Å². The van der Waals surface area contributed by atoms with Crippen LogP contribution in [0.2, 0.25) is 0 Å². The summed E-state index contributed by atoms with van der Waals surface area (Å²) in [6.07, 6.45) is 9.98. The van der Waals surface area contributed by atoms with Crippen molar-refractivity contribution in [3.8, 4) is 0 Å². The highest BCUT2D eigenvalue weighted by atomic mass is 16.4. The molecule has 0 amide bonds. The van der Waals surface area contributed by atoms with Crippen LogP contribution in [0.15, 0.2) is 23.8 Å². The van der Waals surface area contributed by atoms with Gasteiger partial charge in [0.1, 0.15) is 0 Å². The number of allylic oxidation sites excluding steroid dienone is 2. The van der Waals surface area contributed by atoms with Gasteiger partial charge in [0.05, 0.1) is 0 Å². The third-order valence-corrected chi connectivity index (χ3v) is 7.32. The van der Waals surface area contributed by atoms with Crippen LogP contribution in [0.3, 0.4) is 0 Å². The maximum absolute atomic E-state index is 10.8. The Hall–Kier alpha value is -1.05. The van der Waals surface area contributed by atoms with E-state index in [-0.39, 0.29) is 0 Å². The molecule has 3 aliphatic carbocycles. The molecular weight excluding hydrogens is 272 g/mol. The van der Waals surface area contributed by atoms with E-state index >= 15 is 0 Å². The Kier molecular flexibility index (Phi) is 3.78. The highest BCUT2D eigenvalue weighted by Gasteiger charge is 2.64. The molecule has 0 bridgehead atoms. The van der Waals surface area contributed by atoms with Gasteiger partial charge in [0.2, 0.25) is 0 Å². The molecule has 3 saturated carbocycles. The third kappa shape index (κ3) is 2.45. The highest BCUT2D eigenvalue weighted by molar-refractivity contribution is 5.80. The van der Waals surface area contributed by atoms with Crippen LogP contribution in [0.25, 0.3) is 0 Å². The molecule has 5 atom stereocenters. The van der Waals surface area contributed by atoms with Gasteiger partial charge in [-0.3, -0.25) is 0 Å². The van der Waals surface area contributed by atoms with Gasteiger partial charge in [-0.15, -0.1) is 0 Å². The van der Waals surface area contributed by atoms with E-state index in [4.69, 9.17) is 5.11 Å². The quantitative estimate of drug-likeness (QED) is 0.572. The van der Waals surface area contributed by atoms with Crippen LogP contribution in [0.1, 0.15) is 65.7 Å². The molecule has 0 aromatic heterocycles. The lowest BCUT2D eigenvalue weighted by Gasteiger charge is -2.54. The molecule has 1 N–H and O–H groups in total. The average Bonchev–Trinajstić information content (AvgIpc) is 3.08. The standard InChI is InChI=1S/C20H30O2/c1-13(11-18(21)22)5-7-16-14(2)6-8-17-19(16,3)10-9-15-12-20(15,17)4/h11,15-17H,2,5-10,12H2,1,3-4H3,(H,21,22)/b13-11+. The zero-order chi connectivity index (χ0) is 16.1. The van der Waals surface area contributed by atoms with Crippen molar-refractivity contribution in [1.29, 1.82) is 0 Å². The number of carboxylic acid groups (broad SMARTS) is 1. The van der Waals surface area contributed by atoms with Gasteiger partial charge in [-0.1, -0.05) is 31.6 Å². The maximum atomic E-state index is 10.8. The molecule has 2 nitrogen and oxygen atoms in total. The van der Waals surface area contributed by atoms with Crippen molar-refractivity contribution >= 4 is 5.97 Å². The lowest BCUT2D eigenvalue weighted by molar-refractivity contribution is -0.131. The molecule has 0 heterocycles. The average molecular weight is 302 g/mol. The van der Waals surface area contributed by atoms with Gasteiger partial charge in [0.25, 0.3) is 0 Å². The Morgan fingerprint density at radius 3 is 2.77 bits per heavy atom. The summed E-state index contributed by atoms with van der Waals surface area (Å²) >= 11 is 0. The molecule has 5 unspecified atom stereocenters. The largest absolute Gasteiger partial charge is 0.478 e. The number of carboxylic acids is 1. The molecule has 0 aliphatic heterocycles. The van der Waals surface area contributed by atoms with E-state index in [2.05, 4.69) is 20.4 Å². The lowest BCUT2D eigenvalue weighted by Crippen LogP contribution is -2.46. The van der Waals surface area contributed by atoms with Crippen LogP contribution in [0.5, 0.6) is 0 Å². The van der Waals surface area contributed by atoms with E-state index < -0.39 is 5.97 Å². The van der Waals surface area contributed by atoms with Gasteiger partial charge in [0.15, 0.2) is 0 Å². The number of fused-ring (bicyclic) bond motifs is 3. The summed E-state index contributed by atoms with van der Waals surface area (Å²) in [6, 6.07) is 0. The van der Waals surface area contributed by atoms with Crippen LogP contribution >= 0.6 is 0 Å². The monoisotopic (exact) mass is 302 g/mol. The Balaban J connectivity index is 1.76. The zero-order valence-electron chi connectivity index (χ0n) is 14.3. The topological polar surface area (TPSA) is 37.3 Å². The summed E-state index contributed by atoms with van der Waals surface area (Å²) in [5.74, 6) is 1.57. The van der Waals surface area contributed by atoms with Gasteiger partial charge in [-0.25, -0.2) is 4.79 Å². The molecule has 0 aromatic rings. The van der Waals surface area contributed by atoms with Crippen molar-refractivity contribution in [3.63, 3.8) is 0 Å². The van der Waals surface area contributed by atoms with E-state index in [1.807, 2.05) is 6.92 Å². The number of rotatable bonds is 4. The van der Waals surface area contributed by atoms with Crippen molar-refractivity contribution in [2.45, 2.75) is 65.7 Å². The SMILES string of the molecule is C=C1CCC2C3(C)CC3CCC2(C)C1CC/C(C)=C/C(=O)O. The molecule has 122 valence electrons. The number of aliphatic carboxylic acids is 1. The maximum Gasteiger partial charge on any atom is 0.328 e. The summed E-state index contributed by atoms with van der Waals surface area (Å²) in [6.45, 7) is 11.4. The van der Waals surface area contributed by atoms with Crippen molar-refractivity contribution in [2.75, 3.05) is 0 Å². The normalized spacial score (nSPS) is 44.2.